The molecule has 0 amide bonds. The van der Waals surface area contributed by atoms with E-state index in [0.29, 0.717) is 12.2 Å². The van der Waals surface area contributed by atoms with Gasteiger partial charge in [-0.05, 0) is 6.07 Å². The van der Waals surface area contributed by atoms with E-state index in [2.05, 4.69) is 4.98 Å². The molecule has 1 aromatic carbocycles. The van der Waals surface area contributed by atoms with Gasteiger partial charge in [0.1, 0.15) is 17.5 Å². The summed E-state index contributed by atoms with van der Waals surface area (Å²) >= 11 is 0. The van der Waals surface area contributed by atoms with Gasteiger partial charge in [0.25, 0.3) is 5.56 Å². The van der Waals surface area contributed by atoms with Crippen LogP contribution in [0.25, 0.3) is 6.08 Å². The largest absolute Gasteiger partial charge is 0.483 e. The van der Waals surface area contributed by atoms with Gasteiger partial charge < -0.3 is 9.72 Å². The predicted octanol–water partition coefficient (Wildman–Crippen LogP) is 1.74. The Morgan fingerprint density at radius 1 is 1.20 bits per heavy atom. The summed E-state index contributed by atoms with van der Waals surface area (Å²) in [4.78, 5) is 26.7. The molecule has 0 saturated carbocycles. The van der Waals surface area contributed by atoms with Crippen LogP contribution in [0.3, 0.4) is 0 Å². The fraction of sp³-hybridized carbons (Fsp3) is 0.143. The minimum atomic E-state index is -1.05. The van der Waals surface area contributed by atoms with Crippen LogP contribution < -0.4 is 16.0 Å². The number of hydrogen-bond donors (Lipinski definition) is 2. The van der Waals surface area contributed by atoms with E-state index in [1.807, 2.05) is 29.3 Å². The molecule has 1 aliphatic heterocycles. The number of halogens is 1. The summed E-state index contributed by atoms with van der Waals surface area (Å²) in [6.07, 6.45) is 3.28. The summed E-state index contributed by atoms with van der Waals surface area (Å²) in [7, 11) is 0. The lowest BCUT2D eigenvalue weighted by Crippen LogP contribution is -2.29. The lowest BCUT2D eigenvalue weighted by Gasteiger charge is -2.17. The maximum atomic E-state index is 13.9. The fourth-order valence-corrected chi connectivity index (χ4v) is 2.13. The average Bonchev–Trinajstić information content (AvgIpc) is 2.64. The second-order valence-electron chi connectivity index (χ2n) is 4.42. The molecule has 1 aromatic heterocycles. The number of H-pyrrole nitrogens is 2. The van der Waals surface area contributed by atoms with Crippen molar-refractivity contribution in [1.82, 2.24) is 9.97 Å². The molecular weight excluding hydrogens is 263 g/mol. The molecular formula is C14H11FN2O3. The fourth-order valence-electron chi connectivity index (χ4n) is 2.13. The zero-order valence-corrected chi connectivity index (χ0v) is 10.4. The zero-order valence-electron chi connectivity index (χ0n) is 10.4. The summed E-state index contributed by atoms with van der Waals surface area (Å²) in [6.45, 7) is 0. The first-order chi connectivity index (χ1) is 9.65. The molecule has 6 heteroatoms. The van der Waals surface area contributed by atoms with Gasteiger partial charge in [-0.25, -0.2) is 4.79 Å². The number of aromatic nitrogens is 2. The number of benzene rings is 1. The molecule has 0 fully saturated rings. The Bertz CT molecular complexity index is 791. The number of ether oxygens (including phenoxy) is 1. The van der Waals surface area contributed by atoms with Gasteiger partial charge in [-0.2, -0.15) is 4.39 Å². The van der Waals surface area contributed by atoms with Crippen molar-refractivity contribution in [3.05, 3.63) is 68.3 Å². The van der Waals surface area contributed by atoms with Crippen LogP contribution in [0.1, 0.15) is 23.8 Å². The van der Waals surface area contributed by atoms with Crippen molar-refractivity contribution >= 4 is 6.08 Å². The second kappa shape index (κ2) is 4.80. The van der Waals surface area contributed by atoms with Crippen LogP contribution in [0.5, 0.6) is 5.75 Å². The number of rotatable bonds is 1. The van der Waals surface area contributed by atoms with Gasteiger partial charge in [0.2, 0.25) is 5.82 Å². The Balaban J connectivity index is 2.07. The van der Waals surface area contributed by atoms with E-state index in [1.54, 1.807) is 12.1 Å². The van der Waals surface area contributed by atoms with Gasteiger partial charge in [0, 0.05) is 12.0 Å². The first-order valence-corrected chi connectivity index (χ1v) is 6.09. The van der Waals surface area contributed by atoms with Gasteiger partial charge in [0.05, 0.1) is 0 Å². The minimum absolute atomic E-state index is 0.139. The normalized spacial score (nSPS) is 17.1. The SMILES string of the molecule is O=c1[nH]c(C2CC=Cc3ccccc3O2)c(F)c(=O)[nH]1. The highest BCUT2D eigenvalue weighted by Gasteiger charge is 2.22. The first kappa shape index (κ1) is 12.4. The monoisotopic (exact) mass is 274 g/mol. The second-order valence-corrected chi connectivity index (χ2v) is 4.42. The molecule has 1 atom stereocenters. The number of nitrogens with one attached hydrogen (secondary N) is 2. The van der Waals surface area contributed by atoms with E-state index in [1.165, 1.54) is 0 Å². The molecule has 1 unspecified atom stereocenters. The van der Waals surface area contributed by atoms with Gasteiger partial charge in [0.15, 0.2) is 0 Å². The van der Waals surface area contributed by atoms with Gasteiger partial charge in [-0.3, -0.25) is 9.78 Å². The third-order valence-corrected chi connectivity index (χ3v) is 3.07. The Kier molecular flexibility index (Phi) is 2.98. The Hall–Kier alpha value is -2.63. The van der Waals surface area contributed by atoms with Crippen molar-refractivity contribution in [2.75, 3.05) is 0 Å². The van der Waals surface area contributed by atoms with Crippen LogP contribution in [0.4, 0.5) is 4.39 Å². The first-order valence-electron chi connectivity index (χ1n) is 6.09. The van der Waals surface area contributed by atoms with Crippen LogP contribution in [0, 0.1) is 5.82 Å². The maximum absolute atomic E-state index is 13.9. The average molecular weight is 274 g/mol. The number of para-hydroxylation sites is 1. The molecule has 20 heavy (non-hydrogen) atoms. The van der Waals surface area contributed by atoms with Gasteiger partial charge in [-0.1, -0.05) is 30.4 Å². The predicted molar refractivity (Wildman–Crippen MR) is 71.1 cm³/mol. The Labute approximate surface area is 112 Å². The maximum Gasteiger partial charge on any atom is 0.326 e. The summed E-state index contributed by atoms with van der Waals surface area (Å²) in [5.74, 6) is -0.450. The summed E-state index contributed by atoms with van der Waals surface area (Å²) in [5.41, 5.74) is -1.08. The lowest BCUT2D eigenvalue weighted by atomic mass is 10.1. The smallest absolute Gasteiger partial charge is 0.326 e. The molecule has 0 aliphatic carbocycles. The van der Waals surface area contributed by atoms with E-state index in [-0.39, 0.29) is 5.69 Å². The molecule has 2 aromatic rings. The Morgan fingerprint density at radius 2 is 2.00 bits per heavy atom. The highest BCUT2D eigenvalue weighted by molar-refractivity contribution is 5.58. The van der Waals surface area contributed by atoms with Gasteiger partial charge in [-0.15, -0.1) is 0 Å². The topological polar surface area (TPSA) is 75.0 Å². The molecule has 0 saturated heterocycles. The van der Waals surface area contributed by atoms with Crippen molar-refractivity contribution in [2.24, 2.45) is 0 Å². The third-order valence-electron chi connectivity index (χ3n) is 3.07. The standard InChI is InChI=1S/C14H11FN2O3/c15-11-12(16-14(19)17-13(11)18)10-7-3-5-8-4-1-2-6-9(8)20-10/h1-6,10H,7H2,(H2,16,17,18,19). The molecule has 0 spiro atoms. The molecule has 0 bridgehead atoms. The zero-order chi connectivity index (χ0) is 14.1. The van der Waals surface area contributed by atoms with E-state index in [4.69, 9.17) is 4.74 Å². The number of fused-ring (bicyclic) bond motifs is 1. The summed E-state index contributed by atoms with van der Waals surface area (Å²) < 4.78 is 19.6. The molecule has 1 aliphatic rings. The Morgan fingerprint density at radius 3 is 2.85 bits per heavy atom. The molecule has 0 radical (unpaired) electrons. The molecule has 2 heterocycles. The minimum Gasteiger partial charge on any atom is -0.483 e. The van der Waals surface area contributed by atoms with E-state index >= 15 is 0 Å². The summed E-state index contributed by atoms with van der Waals surface area (Å²) in [5, 5.41) is 0. The molecule has 2 N–H and O–H groups in total. The third kappa shape index (κ3) is 2.16. The highest BCUT2D eigenvalue weighted by atomic mass is 19.1. The van der Waals surface area contributed by atoms with Crippen molar-refractivity contribution in [2.45, 2.75) is 12.5 Å². The molecule has 3 rings (SSSR count). The van der Waals surface area contributed by atoms with Crippen LogP contribution >= 0.6 is 0 Å². The van der Waals surface area contributed by atoms with E-state index < -0.39 is 23.2 Å². The number of aromatic amines is 2. The van der Waals surface area contributed by atoms with Crippen molar-refractivity contribution in [3.8, 4) is 5.75 Å². The van der Waals surface area contributed by atoms with Crippen LogP contribution in [0.15, 0.2) is 39.9 Å². The van der Waals surface area contributed by atoms with Crippen LogP contribution in [0.2, 0.25) is 0 Å². The van der Waals surface area contributed by atoms with Crippen molar-refractivity contribution < 1.29 is 9.13 Å². The summed E-state index contributed by atoms with van der Waals surface area (Å²) in [6, 6.07) is 7.28. The molecule has 102 valence electrons. The van der Waals surface area contributed by atoms with Crippen molar-refractivity contribution in [3.63, 3.8) is 0 Å². The van der Waals surface area contributed by atoms with Gasteiger partial charge >= 0.3 is 5.69 Å². The highest BCUT2D eigenvalue weighted by Crippen LogP contribution is 2.31. The lowest BCUT2D eigenvalue weighted by molar-refractivity contribution is 0.199. The van der Waals surface area contributed by atoms with Crippen LogP contribution in [-0.4, -0.2) is 9.97 Å². The van der Waals surface area contributed by atoms with E-state index in [9.17, 15) is 14.0 Å². The molecule has 5 nitrogen and oxygen atoms in total. The van der Waals surface area contributed by atoms with E-state index in [0.717, 1.165) is 5.56 Å². The van der Waals surface area contributed by atoms with Crippen molar-refractivity contribution in [1.29, 1.82) is 0 Å². The van der Waals surface area contributed by atoms with Crippen LogP contribution in [-0.2, 0) is 0 Å². The quantitative estimate of drug-likeness (QED) is 0.831. The number of hydrogen-bond acceptors (Lipinski definition) is 3.